The second-order valence-corrected chi connectivity index (χ2v) is 8.27. The van der Waals surface area contributed by atoms with Crippen molar-refractivity contribution in [3.05, 3.63) is 0 Å². The molecule has 0 heteroatoms. The summed E-state index contributed by atoms with van der Waals surface area (Å²) in [5, 5.41) is 0. The van der Waals surface area contributed by atoms with E-state index >= 15 is 0 Å². The summed E-state index contributed by atoms with van der Waals surface area (Å²) in [5.41, 5.74) is 0.705. The average Bonchev–Trinajstić information content (AvgIpc) is 2.64. The molecule has 0 aromatic rings. The van der Waals surface area contributed by atoms with E-state index in [1.54, 1.807) is 6.42 Å². The van der Waals surface area contributed by atoms with Crippen molar-refractivity contribution in [2.75, 3.05) is 0 Å². The Morgan fingerprint density at radius 3 is 1.74 bits per heavy atom. The van der Waals surface area contributed by atoms with Crippen LogP contribution in [0.1, 0.15) is 91.9 Å². The lowest BCUT2D eigenvalue weighted by atomic mass is 9.55. The summed E-state index contributed by atoms with van der Waals surface area (Å²) < 4.78 is 0. The third-order valence-corrected chi connectivity index (χ3v) is 6.67. The van der Waals surface area contributed by atoms with Crippen LogP contribution in [0.25, 0.3) is 0 Å². The van der Waals surface area contributed by atoms with Gasteiger partial charge in [0.25, 0.3) is 0 Å². The molecule has 4 aliphatic carbocycles. The second-order valence-electron chi connectivity index (χ2n) is 8.27. The van der Waals surface area contributed by atoms with Crippen molar-refractivity contribution in [1.29, 1.82) is 0 Å². The van der Waals surface area contributed by atoms with Crippen LogP contribution in [0.4, 0.5) is 0 Å². The maximum atomic E-state index is 2.46. The lowest BCUT2D eigenvalue weighted by Gasteiger charge is -2.50. The van der Waals surface area contributed by atoms with Gasteiger partial charge in [0.1, 0.15) is 0 Å². The van der Waals surface area contributed by atoms with E-state index in [0.29, 0.717) is 5.41 Å². The van der Waals surface area contributed by atoms with Crippen molar-refractivity contribution in [1.82, 2.24) is 0 Å². The van der Waals surface area contributed by atoms with Gasteiger partial charge in [0.15, 0.2) is 0 Å². The van der Waals surface area contributed by atoms with E-state index in [2.05, 4.69) is 27.7 Å². The molecule has 0 aromatic heterocycles. The summed E-state index contributed by atoms with van der Waals surface area (Å²) in [6.07, 6.45) is 14.9. The van der Waals surface area contributed by atoms with Gasteiger partial charge in [-0.05, 0) is 61.2 Å². The molecule has 0 amide bonds. The molecule has 0 spiro atoms. The maximum Gasteiger partial charge on any atom is -0.0328 e. The number of rotatable bonds is 1. The fourth-order valence-electron chi connectivity index (χ4n) is 4.69. The molecule has 0 heterocycles. The van der Waals surface area contributed by atoms with Crippen molar-refractivity contribution >= 4 is 0 Å². The zero-order valence-electron chi connectivity index (χ0n) is 13.9. The van der Waals surface area contributed by atoms with Crippen LogP contribution in [0.2, 0.25) is 0 Å². The lowest BCUT2D eigenvalue weighted by molar-refractivity contribution is -0.00154. The van der Waals surface area contributed by atoms with Gasteiger partial charge < -0.3 is 0 Å². The van der Waals surface area contributed by atoms with Crippen molar-refractivity contribution in [2.45, 2.75) is 91.9 Å². The average molecular weight is 264 g/mol. The summed E-state index contributed by atoms with van der Waals surface area (Å²) in [6.45, 7) is 9.64. The molecule has 0 nitrogen and oxygen atoms in total. The Labute approximate surface area is 121 Å². The van der Waals surface area contributed by atoms with Gasteiger partial charge in [0, 0.05) is 0 Å². The normalized spacial score (nSPS) is 40.4. The highest BCUT2D eigenvalue weighted by molar-refractivity contribution is 4.92. The van der Waals surface area contributed by atoms with Crippen molar-refractivity contribution < 1.29 is 0 Å². The van der Waals surface area contributed by atoms with Gasteiger partial charge in [-0.1, -0.05) is 59.8 Å². The Morgan fingerprint density at radius 2 is 1.37 bits per heavy atom. The number of fused-ring (bicyclic) bond motifs is 2. The molecule has 112 valence electrons. The minimum Gasteiger partial charge on any atom is -0.0649 e. The molecule has 0 saturated heterocycles. The van der Waals surface area contributed by atoms with Gasteiger partial charge in [-0.15, -0.1) is 0 Å². The summed E-state index contributed by atoms with van der Waals surface area (Å²) in [5.74, 6) is 4.38. The predicted octanol–water partition coefficient (Wildman–Crippen LogP) is 6.45. The van der Waals surface area contributed by atoms with Gasteiger partial charge in [-0.25, -0.2) is 0 Å². The smallest absolute Gasteiger partial charge is 0.0328 e. The minimum atomic E-state index is 0.705. The Morgan fingerprint density at radius 1 is 0.842 bits per heavy atom. The van der Waals surface area contributed by atoms with E-state index in [0.717, 1.165) is 23.7 Å². The zero-order chi connectivity index (χ0) is 13.9. The van der Waals surface area contributed by atoms with E-state index < -0.39 is 0 Å². The van der Waals surface area contributed by atoms with Crippen molar-refractivity contribution in [2.24, 2.45) is 29.1 Å². The van der Waals surface area contributed by atoms with Crippen LogP contribution < -0.4 is 0 Å². The molecule has 2 unspecified atom stereocenters. The Hall–Kier alpha value is 0. The Kier molecular flexibility index (Phi) is 5.37. The topological polar surface area (TPSA) is 0 Å². The predicted molar refractivity (Wildman–Crippen MR) is 85.3 cm³/mol. The van der Waals surface area contributed by atoms with E-state index in [1.165, 1.54) is 57.8 Å². The van der Waals surface area contributed by atoms with Gasteiger partial charge >= 0.3 is 0 Å². The van der Waals surface area contributed by atoms with Crippen LogP contribution >= 0.6 is 0 Å². The van der Waals surface area contributed by atoms with Crippen molar-refractivity contribution in [3.8, 4) is 0 Å². The van der Waals surface area contributed by atoms with Crippen molar-refractivity contribution in [3.63, 3.8) is 0 Å². The van der Waals surface area contributed by atoms with E-state index in [1.807, 2.05) is 0 Å². The molecular weight excluding hydrogens is 228 g/mol. The highest BCUT2D eigenvalue weighted by Gasteiger charge is 2.42. The molecule has 2 bridgehead atoms. The summed E-state index contributed by atoms with van der Waals surface area (Å²) in [4.78, 5) is 0. The first kappa shape index (κ1) is 15.4. The molecule has 4 fully saturated rings. The first-order valence-corrected chi connectivity index (χ1v) is 9.04. The van der Waals surface area contributed by atoms with Crippen LogP contribution in [0.3, 0.4) is 0 Å². The largest absolute Gasteiger partial charge is 0.0649 e. The van der Waals surface area contributed by atoms with Gasteiger partial charge in [-0.2, -0.15) is 0 Å². The summed E-state index contributed by atoms with van der Waals surface area (Å²) in [6, 6.07) is 0. The standard InChI is InChI=1S/C10H20.C9H16/c1-3-10(2)8-6-4-5-7-9-10;1-6-3-8-5-9(4-6)7(8)2/h3-9H2,1-2H3;6-9H,3-5H2,1-2H3. The second kappa shape index (κ2) is 6.64. The third-order valence-electron chi connectivity index (χ3n) is 6.67. The molecule has 0 N–H and O–H groups in total. The molecule has 4 aliphatic rings. The van der Waals surface area contributed by atoms with Crippen LogP contribution in [-0.4, -0.2) is 0 Å². The quantitative estimate of drug-likeness (QED) is 0.478. The van der Waals surface area contributed by atoms with E-state index in [9.17, 15) is 0 Å². The lowest BCUT2D eigenvalue weighted by Crippen LogP contribution is -2.41. The molecule has 0 radical (unpaired) electrons. The summed E-state index contributed by atoms with van der Waals surface area (Å²) >= 11 is 0. The molecule has 4 rings (SSSR count). The molecule has 0 aromatic carbocycles. The SMILES string of the molecule is CC1CC2CC(C1)C2C.CCC1(C)CCCCCC1. The first-order chi connectivity index (χ1) is 9.04. The fraction of sp³-hybridized carbons (Fsp3) is 1.00. The molecule has 0 aliphatic heterocycles. The Bertz CT molecular complexity index is 247. The van der Waals surface area contributed by atoms with Crippen LogP contribution in [0.15, 0.2) is 0 Å². The number of hydrogen-bond donors (Lipinski definition) is 0. The molecular formula is C19H36. The zero-order valence-corrected chi connectivity index (χ0v) is 13.9. The van der Waals surface area contributed by atoms with Gasteiger partial charge in [-0.3, -0.25) is 0 Å². The first-order valence-electron chi connectivity index (χ1n) is 9.04. The molecule has 19 heavy (non-hydrogen) atoms. The minimum absolute atomic E-state index is 0.705. The highest BCUT2D eigenvalue weighted by Crippen LogP contribution is 2.52. The summed E-state index contributed by atoms with van der Waals surface area (Å²) in [7, 11) is 0. The highest BCUT2D eigenvalue weighted by atomic mass is 14.5. The van der Waals surface area contributed by atoms with E-state index in [-0.39, 0.29) is 0 Å². The molecule has 4 saturated carbocycles. The van der Waals surface area contributed by atoms with Gasteiger partial charge in [0.2, 0.25) is 0 Å². The monoisotopic (exact) mass is 264 g/mol. The van der Waals surface area contributed by atoms with Crippen LogP contribution in [-0.2, 0) is 0 Å². The molecule has 2 atom stereocenters. The van der Waals surface area contributed by atoms with E-state index in [4.69, 9.17) is 0 Å². The number of hydrogen-bond acceptors (Lipinski definition) is 0. The van der Waals surface area contributed by atoms with Crippen LogP contribution in [0.5, 0.6) is 0 Å². The third kappa shape index (κ3) is 3.99. The fourth-order valence-corrected chi connectivity index (χ4v) is 4.69. The Balaban J connectivity index is 0.000000141. The van der Waals surface area contributed by atoms with Gasteiger partial charge in [0.05, 0.1) is 0 Å². The maximum absolute atomic E-state index is 2.46. The van der Waals surface area contributed by atoms with Crippen LogP contribution in [0, 0.1) is 29.1 Å².